The maximum absolute atomic E-state index is 12.2. The van der Waals surface area contributed by atoms with Crippen LogP contribution in [0.1, 0.15) is 16.2 Å². The highest BCUT2D eigenvalue weighted by atomic mass is 35.5. The van der Waals surface area contributed by atoms with Gasteiger partial charge in [0.2, 0.25) is 11.5 Å². The molecule has 0 amide bonds. The molecule has 0 fully saturated rings. The number of hydrogen-bond acceptors (Lipinski definition) is 5. The van der Waals surface area contributed by atoms with Crippen LogP contribution in [0, 0.1) is 10.1 Å². The van der Waals surface area contributed by atoms with Crippen LogP contribution in [0.4, 0.5) is 5.69 Å². The molecule has 0 atom stereocenters. The van der Waals surface area contributed by atoms with Crippen LogP contribution in [0.15, 0.2) is 53.1 Å². The maximum Gasteiger partial charge on any atom is 0.318 e. The minimum atomic E-state index is -0.641. The lowest BCUT2D eigenvalue weighted by Crippen LogP contribution is -2.00. The van der Waals surface area contributed by atoms with Gasteiger partial charge in [0.1, 0.15) is 17.7 Å². The second-order valence-electron chi connectivity index (χ2n) is 5.20. The number of furan rings is 1. The quantitative estimate of drug-likeness (QED) is 0.296. The Labute approximate surface area is 147 Å². The largest absolute Gasteiger partial charge is 0.457 e. The van der Waals surface area contributed by atoms with E-state index in [0.29, 0.717) is 16.5 Å². The molecule has 3 aromatic rings. The van der Waals surface area contributed by atoms with Gasteiger partial charge in [-0.15, -0.1) is 0 Å². The van der Waals surface area contributed by atoms with Crippen molar-refractivity contribution in [1.82, 2.24) is 9.78 Å². The zero-order valence-electron chi connectivity index (χ0n) is 13.0. The Bertz CT molecular complexity index is 987. The van der Waals surface area contributed by atoms with E-state index in [-0.39, 0.29) is 11.4 Å². The number of nitro groups is 1. The fourth-order valence-electron chi connectivity index (χ4n) is 2.26. The van der Waals surface area contributed by atoms with Crippen LogP contribution in [0.3, 0.4) is 0 Å². The van der Waals surface area contributed by atoms with Crippen molar-refractivity contribution in [1.29, 1.82) is 0 Å². The van der Waals surface area contributed by atoms with Crippen LogP contribution in [-0.4, -0.2) is 20.5 Å². The number of aromatic nitrogens is 2. The molecular formula is C17H12ClN3O4. The first kappa shape index (κ1) is 16.7. The Kier molecular flexibility index (Phi) is 4.49. The third-order valence-electron chi connectivity index (χ3n) is 3.37. The van der Waals surface area contributed by atoms with Crippen LogP contribution >= 0.6 is 11.6 Å². The normalized spacial score (nSPS) is 11.1. The molecule has 0 saturated heterocycles. The summed E-state index contributed by atoms with van der Waals surface area (Å²) in [6.45, 7) is 0. The van der Waals surface area contributed by atoms with Gasteiger partial charge in [-0.25, -0.2) is 0 Å². The van der Waals surface area contributed by atoms with Gasteiger partial charge in [-0.05, 0) is 36.4 Å². The third-order valence-corrected chi connectivity index (χ3v) is 3.61. The van der Waals surface area contributed by atoms with Crippen LogP contribution in [0.2, 0.25) is 5.02 Å². The van der Waals surface area contributed by atoms with E-state index >= 15 is 0 Å². The van der Waals surface area contributed by atoms with Gasteiger partial charge >= 0.3 is 5.69 Å². The number of nitrogens with zero attached hydrogens (tertiary/aromatic N) is 3. The molecule has 0 N–H and O–H groups in total. The molecule has 0 saturated carbocycles. The molecule has 0 unspecified atom stereocenters. The number of halogens is 1. The molecule has 126 valence electrons. The lowest BCUT2D eigenvalue weighted by Gasteiger charge is -1.96. The molecule has 2 heterocycles. The Hall–Kier alpha value is -3.19. The van der Waals surface area contributed by atoms with Gasteiger partial charge in [-0.2, -0.15) is 5.10 Å². The molecule has 1 aromatic carbocycles. The highest BCUT2D eigenvalue weighted by Crippen LogP contribution is 2.25. The van der Waals surface area contributed by atoms with E-state index in [1.807, 2.05) is 6.07 Å². The van der Waals surface area contributed by atoms with Gasteiger partial charge in [0, 0.05) is 17.6 Å². The van der Waals surface area contributed by atoms with Gasteiger partial charge in [0.05, 0.1) is 4.92 Å². The van der Waals surface area contributed by atoms with Gasteiger partial charge < -0.3 is 4.42 Å². The average molecular weight is 358 g/mol. The number of carbonyl (C=O) groups is 1. The molecule has 0 bridgehead atoms. The van der Waals surface area contributed by atoms with E-state index in [4.69, 9.17) is 16.0 Å². The summed E-state index contributed by atoms with van der Waals surface area (Å²) < 4.78 is 6.86. The smallest absolute Gasteiger partial charge is 0.318 e. The molecule has 8 heteroatoms. The van der Waals surface area contributed by atoms with Crippen LogP contribution in [-0.2, 0) is 7.05 Å². The second-order valence-corrected chi connectivity index (χ2v) is 5.64. The van der Waals surface area contributed by atoms with E-state index in [1.54, 1.807) is 30.3 Å². The highest BCUT2D eigenvalue weighted by molar-refractivity contribution is 6.30. The van der Waals surface area contributed by atoms with Crippen LogP contribution < -0.4 is 0 Å². The predicted molar refractivity (Wildman–Crippen MR) is 92.4 cm³/mol. The van der Waals surface area contributed by atoms with Crippen molar-refractivity contribution in [3.05, 3.63) is 75.3 Å². The maximum atomic E-state index is 12.2. The van der Waals surface area contributed by atoms with Crippen molar-refractivity contribution in [2.24, 2.45) is 7.05 Å². The Balaban J connectivity index is 1.81. The number of ketones is 1. The first-order valence-electron chi connectivity index (χ1n) is 7.20. The number of allylic oxidation sites excluding steroid dienone is 1. The van der Waals surface area contributed by atoms with Gasteiger partial charge in [-0.1, -0.05) is 23.7 Å². The van der Waals surface area contributed by atoms with Crippen molar-refractivity contribution < 1.29 is 14.1 Å². The first-order valence-corrected chi connectivity index (χ1v) is 7.58. The van der Waals surface area contributed by atoms with Gasteiger partial charge in [-0.3, -0.25) is 19.6 Å². The molecule has 0 aliphatic carbocycles. The van der Waals surface area contributed by atoms with Crippen molar-refractivity contribution >= 4 is 29.1 Å². The summed E-state index contributed by atoms with van der Waals surface area (Å²) in [4.78, 5) is 22.5. The molecule has 0 spiro atoms. The molecule has 7 nitrogen and oxygen atoms in total. The standard InChI is InChI=1S/C17H12ClN3O4/c1-20-10-14(21(23)24)17(19-20)15(22)7-5-13-6-8-16(25-13)11-3-2-4-12(18)9-11/h2-10H,1H3/b7-5+. The van der Waals surface area contributed by atoms with E-state index < -0.39 is 10.7 Å². The van der Waals surface area contributed by atoms with Crippen molar-refractivity contribution in [2.45, 2.75) is 0 Å². The van der Waals surface area contributed by atoms with Gasteiger partial charge in [0.25, 0.3) is 0 Å². The Morgan fingerprint density at radius 1 is 1.36 bits per heavy atom. The monoisotopic (exact) mass is 357 g/mol. The molecule has 0 aliphatic rings. The molecule has 0 aliphatic heterocycles. The highest BCUT2D eigenvalue weighted by Gasteiger charge is 2.23. The summed E-state index contributed by atoms with van der Waals surface area (Å²) in [7, 11) is 1.51. The van der Waals surface area contributed by atoms with E-state index in [0.717, 1.165) is 5.56 Å². The summed E-state index contributed by atoms with van der Waals surface area (Å²) in [5.74, 6) is 0.452. The summed E-state index contributed by atoms with van der Waals surface area (Å²) in [5, 5.41) is 15.4. The summed E-state index contributed by atoms with van der Waals surface area (Å²) in [6.07, 6.45) is 3.82. The number of rotatable bonds is 5. The number of hydrogen-bond donors (Lipinski definition) is 0. The number of benzene rings is 1. The molecular weight excluding hydrogens is 346 g/mol. The van der Waals surface area contributed by atoms with Crippen molar-refractivity contribution in [2.75, 3.05) is 0 Å². The zero-order chi connectivity index (χ0) is 18.0. The number of aryl methyl sites for hydroxylation is 1. The minimum absolute atomic E-state index is 0.217. The zero-order valence-corrected chi connectivity index (χ0v) is 13.8. The summed E-state index contributed by atoms with van der Waals surface area (Å²) in [5.41, 5.74) is 0.250. The lowest BCUT2D eigenvalue weighted by molar-refractivity contribution is -0.385. The molecule has 25 heavy (non-hydrogen) atoms. The van der Waals surface area contributed by atoms with Crippen molar-refractivity contribution in [3.8, 4) is 11.3 Å². The van der Waals surface area contributed by atoms with E-state index in [1.165, 1.54) is 30.1 Å². The number of carbonyl (C=O) groups excluding carboxylic acids is 1. The summed E-state index contributed by atoms with van der Waals surface area (Å²) in [6, 6.07) is 10.6. The topological polar surface area (TPSA) is 91.2 Å². The van der Waals surface area contributed by atoms with Crippen LogP contribution in [0.25, 0.3) is 17.4 Å². The second kappa shape index (κ2) is 6.74. The predicted octanol–water partition coefficient (Wildman–Crippen LogP) is 4.14. The molecule has 3 rings (SSSR count). The summed E-state index contributed by atoms with van der Waals surface area (Å²) >= 11 is 5.95. The lowest BCUT2D eigenvalue weighted by atomic mass is 10.2. The fraction of sp³-hybridized carbons (Fsp3) is 0.0588. The first-order chi connectivity index (χ1) is 11.9. The van der Waals surface area contributed by atoms with Gasteiger partial charge in [0.15, 0.2) is 0 Å². The molecule has 0 radical (unpaired) electrons. The fourth-order valence-corrected chi connectivity index (χ4v) is 2.45. The van der Waals surface area contributed by atoms with E-state index in [2.05, 4.69) is 5.10 Å². The minimum Gasteiger partial charge on any atom is -0.457 e. The van der Waals surface area contributed by atoms with E-state index in [9.17, 15) is 14.9 Å². The average Bonchev–Trinajstić information content (AvgIpc) is 3.19. The third kappa shape index (κ3) is 3.67. The van der Waals surface area contributed by atoms with Crippen LogP contribution in [0.5, 0.6) is 0 Å². The SMILES string of the molecule is Cn1cc([N+](=O)[O-])c(C(=O)/C=C/c2ccc(-c3cccc(Cl)c3)o2)n1. The molecule has 2 aromatic heterocycles. The Morgan fingerprint density at radius 3 is 2.88 bits per heavy atom. The van der Waals surface area contributed by atoms with Crippen molar-refractivity contribution in [3.63, 3.8) is 0 Å². The Morgan fingerprint density at radius 2 is 2.16 bits per heavy atom.